The largest absolute Gasteiger partial charge is 0.573 e. The van der Waals surface area contributed by atoms with E-state index in [1.807, 2.05) is 0 Å². The third-order valence-electron chi connectivity index (χ3n) is 5.95. The Morgan fingerprint density at radius 1 is 0.780 bits per heavy atom. The van der Waals surface area contributed by atoms with Crippen LogP contribution in [0.2, 0.25) is 0 Å². The van der Waals surface area contributed by atoms with E-state index in [0.29, 0.717) is 28.5 Å². The van der Waals surface area contributed by atoms with Gasteiger partial charge in [0.25, 0.3) is 5.91 Å². The summed E-state index contributed by atoms with van der Waals surface area (Å²) >= 11 is 0. The summed E-state index contributed by atoms with van der Waals surface area (Å²) in [7, 11) is 0. The van der Waals surface area contributed by atoms with Gasteiger partial charge < -0.3 is 15.2 Å². The van der Waals surface area contributed by atoms with E-state index in [1.165, 1.54) is 54.6 Å². The average molecular weight is 574 g/mol. The molecule has 0 spiro atoms. The van der Waals surface area contributed by atoms with Crippen molar-refractivity contribution in [3.8, 4) is 28.1 Å². The van der Waals surface area contributed by atoms with Gasteiger partial charge in [-0.15, -0.1) is 13.2 Å². The molecule has 0 radical (unpaired) electrons. The normalized spacial score (nSPS) is 12.4. The second kappa shape index (κ2) is 11.7. The number of carboxylic acids is 1. The highest BCUT2D eigenvalue weighted by atomic mass is 19.4. The van der Waals surface area contributed by atoms with Gasteiger partial charge in [0.05, 0.1) is 11.3 Å². The molecule has 0 unspecified atom stereocenters. The van der Waals surface area contributed by atoms with Crippen LogP contribution in [0.3, 0.4) is 0 Å². The number of ether oxygens (including phenoxy) is 1. The van der Waals surface area contributed by atoms with E-state index in [-0.39, 0.29) is 23.4 Å². The molecule has 3 aromatic carbocycles. The number of nitrogens with zero attached hydrogens (tertiary/aromatic N) is 1. The Labute approximate surface area is 229 Å². The van der Waals surface area contributed by atoms with Crippen molar-refractivity contribution < 1.29 is 45.8 Å². The van der Waals surface area contributed by atoms with E-state index in [2.05, 4.69) is 15.0 Å². The first-order valence-corrected chi connectivity index (χ1v) is 11.9. The fraction of sp³-hybridized carbons (Fsp3) is 0.138. The zero-order chi connectivity index (χ0) is 29.8. The Kier molecular flexibility index (Phi) is 8.31. The van der Waals surface area contributed by atoms with E-state index >= 15 is 0 Å². The highest BCUT2D eigenvalue weighted by Crippen LogP contribution is 2.30. The van der Waals surface area contributed by atoms with Crippen LogP contribution in [-0.4, -0.2) is 34.4 Å². The van der Waals surface area contributed by atoms with Crippen molar-refractivity contribution in [3.05, 3.63) is 108 Å². The summed E-state index contributed by atoms with van der Waals surface area (Å²) in [6.45, 7) is 0. The minimum atomic E-state index is -4.80. The molecule has 41 heavy (non-hydrogen) atoms. The summed E-state index contributed by atoms with van der Waals surface area (Å²) in [5.41, 5.74) is 1.85. The maximum Gasteiger partial charge on any atom is 0.573 e. The highest BCUT2D eigenvalue weighted by Gasteiger charge is 2.31. The van der Waals surface area contributed by atoms with Crippen LogP contribution < -0.4 is 10.1 Å². The SMILES string of the molecule is O=C(N[C@@H](Cc1ccc(-c2ccc(OC(F)(F)F)cc2)cc1)C(=O)O)c1ccc(-c2ccc(C(F)(F)F)cn2)cc1. The van der Waals surface area contributed by atoms with Crippen molar-refractivity contribution >= 4 is 11.9 Å². The second-order valence-corrected chi connectivity index (χ2v) is 8.84. The number of amides is 1. The molecule has 12 heteroatoms. The van der Waals surface area contributed by atoms with Crippen LogP contribution in [-0.2, 0) is 17.4 Å². The maximum absolute atomic E-state index is 12.7. The number of halogens is 6. The molecule has 0 saturated carbocycles. The van der Waals surface area contributed by atoms with Crippen molar-refractivity contribution in [3.63, 3.8) is 0 Å². The van der Waals surface area contributed by atoms with Crippen LogP contribution in [0.15, 0.2) is 91.1 Å². The fourth-order valence-corrected chi connectivity index (χ4v) is 3.88. The smallest absolute Gasteiger partial charge is 0.480 e. The molecule has 1 aromatic heterocycles. The number of aromatic nitrogens is 1. The number of aliphatic carboxylic acids is 1. The molecule has 4 aromatic rings. The molecule has 1 heterocycles. The van der Waals surface area contributed by atoms with E-state index in [9.17, 15) is 41.0 Å². The molecular formula is C29H20F6N2O4. The van der Waals surface area contributed by atoms with E-state index in [1.54, 1.807) is 24.3 Å². The number of carbonyl (C=O) groups excluding carboxylic acids is 1. The van der Waals surface area contributed by atoms with Crippen LogP contribution in [0.25, 0.3) is 22.4 Å². The zero-order valence-electron chi connectivity index (χ0n) is 20.8. The summed E-state index contributed by atoms with van der Waals surface area (Å²) in [5, 5.41) is 12.1. The van der Waals surface area contributed by atoms with Crippen LogP contribution in [0.5, 0.6) is 5.75 Å². The number of alkyl halides is 6. The number of hydrogen-bond acceptors (Lipinski definition) is 4. The molecule has 4 rings (SSSR count). The third kappa shape index (κ3) is 7.84. The van der Waals surface area contributed by atoms with Crippen LogP contribution in [0, 0.1) is 0 Å². The van der Waals surface area contributed by atoms with E-state index in [4.69, 9.17) is 0 Å². The maximum atomic E-state index is 12.7. The van der Waals surface area contributed by atoms with Gasteiger partial charge in [-0.3, -0.25) is 9.78 Å². The molecule has 1 atom stereocenters. The second-order valence-electron chi connectivity index (χ2n) is 8.84. The van der Waals surface area contributed by atoms with Gasteiger partial charge in [-0.2, -0.15) is 13.2 Å². The lowest BCUT2D eigenvalue weighted by Crippen LogP contribution is -2.42. The molecule has 0 fully saturated rings. The van der Waals surface area contributed by atoms with Gasteiger partial charge in [0, 0.05) is 23.7 Å². The highest BCUT2D eigenvalue weighted by molar-refractivity contribution is 5.97. The van der Waals surface area contributed by atoms with Gasteiger partial charge in [-0.25, -0.2) is 4.79 Å². The Balaban J connectivity index is 1.39. The van der Waals surface area contributed by atoms with Gasteiger partial charge >= 0.3 is 18.5 Å². The Bertz CT molecular complexity index is 1500. The van der Waals surface area contributed by atoms with Crippen LogP contribution >= 0.6 is 0 Å². The van der Waals surface area contributed by atoms with E-state index < -0.39 is 36.0 Å². The lowest BCUT2D eigenvalue weighted by molar-refractivity contribution is -0.274. The van der Waals surface area contributed by atoms with E-state index in [0.717, 1.165) is 6.07 Å². The topological polar surface area (TPSA) is 88.5 Å². The quantitative estimate of drug-likeness (QED) is 0.227. The number of carbonyl (C=O) groups is 2. The molecule has 0 bridgehead atoms. The van der Waals surface area contributed by atoms with Gasteiger partial charge in [-0.05, 0) is 53.1 Å². The van der Waals surface area contributed by atoms with Gasteiger partial charge in [0.2, 0.25) is 0 Å². The number of nitrogens with one attached hydrogen (secondary N) is 1. The molecule has 2 N–H and O–H groups in total. The molecule has 6 nitrogen and oxygen atoms in total. The molecule has 0 saturated heterocycles. The minimum Gasteiger partial charge on any atom is -0.480 e. The summed E-state index contributed by atoms with van der Waals surface area (Å²) in [6.07, 6.45) is -8.65. The Morgan fingerprint density at radius 2 is 1.34 bits per heavy atom. The van der Waals surface area contributed by atoms with Crippen LogP contribution in [0.1, 0.15) is 21.5 Å². The summed E-state index contributed by atoms with van der Waals surface area (Å²) in [6, 6.07) is 18.5. The molecule has 0 aliphatic rings. The number of rotatable bonds is 8. The predicted octanol–water partition coefficient (Wildman–Crippen LogP) is 6.76. The predicted molar refractivity (Wildman–Crippen MR) is 136 cm³/mol. The van der Waals surface area contributed by atoms with Gasteiger partial charge in [-0.1, -0.05) is 48.5 Å². The van der Waals surface area contributed by atoms with Gasteiger partial charge in [0.15, 0.2) is 0 Å². The number of benzene rings is 3. The fourth-order valence-electron chi connectivity index (χ4n) is 3.88. The molecule has 212 valence electrons. The summed E-state index contributed by atoms with van der Waals surface area (Å²) in [5.74, 6) is -2.29. The Morgan fingerprint density at radius 3 is 1.83 bits per heavy atom. The van der Waals surface area contributed by atoms with Crippen molar-refractivity contribution in [2.45, 2.75) is 25.0 Å². The standard InChI is InChI=1S/C29H20F6N2O4/c30-28(31,32)22-11-14-24(36-16-22)20-5-7-21(8-6-20)26(38)37-25(27(39)40)15-17-1-3-18(4-2-17)19-9-12-23(13-10-19)41-29(33,34)35/h1-14,16,25H,15H2,(H,37,38)(H,39,40)/t25-/m0/s1. The lowest BCUT2D eigenvalue weighted by atomic mass is 10.00. The monoisotopic (exact) mass is 574 g/mol. The minimum absolute atomic E-state index is 0.0483. The first-order valence-electron chi connectivity index (χ1n) is 11.9. The number of pyridine rings is 1. The summed E-state index contributed by atoms with van der Waals surface area (Å²) in [4.78, 5) is 28.3. The number of hydrogen-bond donors (Lipinski definition) is 2. The molecule has 0 aliphatic heterocycles. The third-order valence-corrected chi connectivity index (χ3v) is 5.95. The van der Waals surface area contributed by atoms with Crippen molar-refractivity contribution in [2.75, 3.05) is 0 Å². The Hall–Kier alpha value is -4.87. The van der Waals surface area contributed by atoms with Gasteiger partial charge in [0.1, 0.15) is 11.8 Å². The summed E-state index contributed by atoms with van der Waals surface area (Å²) < 4.78 is 79.1. The van der Waals surface area contributed by atoms with Crippen molar-refractivity contribution in [1.82, 2.24) is 10.3 Å². The first-order chi connectivity index (χ1) is 19.3. The average Bonchev–Trinajstić information content (AvgIpc) is 2.92. The molecule has 1 amide bonds. The van der Waals surface area contributed by atoms with Crippen molar-refractivity contribution in [2.24, 2.45) is 0 Å². The van der Waals surface area contributed by atoms with Crippen molar-refractivity contribution in [1.29, 1.82) is 0 Å². The number of carboxylic acid groups (broad SMARTS) is 1. The molecular weight excluding hydrogens is 554 g/mol. The molecule has 0 aliphatic carbocycles. The zero-order valence-corrected chi connectivity index (χ0v) is 20.8. The van der Waals surface area contributed by atoms with Crippen LogP contribution in [0.4, 0.5) is 26.3 Å². The lowest BCUT2D eigenvalue weighted by Gasteiger charge is -2.15. The first kappa shape index (κ1) is 29.1.